The molecule has 5 heteroatoms. The van der Waals surface area contributed by atoms with Crippen LogP contribution in [0, 0.1) is 6.92 Å². The number of nitrogens with zero attached hydrogens (tertiary/aromatic N) is 3. The molecule has 0 spiro atoms. The summed E-state index contributed by atoms with van der Waals surface area (Å²) < 4.78 is 13.3. The molecule has 0 aliphatic heterocycles. The monoisotopic (exact) mass is 306 g/mol. The van der Waals surface area contributed by atoms with E-state index in [1.807, 2.05) is 40.1 Å². The Morgan fingerprint density at radius 3 is 2.77 bits per heavy atom. The first kappa shape index (κ1) is 18.2. The van der Waals surface area contributed by atoms with Crippen LogP contribution in [0.25, 0.3) is 0 Å². The molecule has 0 saturated carbocycles. The van der Waals surface area contributed by atoms with Gasteiger partial charge in [-0.1, -0.05) is 6.08 Å². The molecule has 122 valence electrons. The van der Waals surface area contributed by atoms with Crippen LogP contribution < -0.4 is 9.64 Å². The zero-order valence-electron chi connectivity index (χ0n) is 14.4. The third kappa shape index (κ3) is 5.85. The minimum absolute atomic E-state index is 0.0479. The maximum absolute atomic E-state index is 5.77. The number of pyridine rings is 1. The number of rotatable bonds is 9. The summed E-state index contributed by atoms with van der Waals surface area (Å²) in [6, 6.07) is 3.91. The van der Waals surface area contributed by atoms with Gasteiger partial charge in [0.1, 0.15) is 11.8 Å². The largest absolute Gasteiger partial charge is 0.472 e. The van der Waals surface area contributed by atoms with Gasteiger partial charge in [-0.15, -0.1) is 6.58 Å². The molecule has 1 heterocycles. The highest BCUT2D eigenvalue weighted by molar-refractivity contribution is 5.76. The molecule has 1 aromatic rings. The summed E-state index contributed by atoms with van der Waals surface area (Å²) in [5.74, 6) is 0.619. The lowest BCUT2D eigenvalue weighted by molar-refractivity contribution is -0.489. The molecular formula is C17H28N3O2+. The van der Waals surface area contributed by atoms with Gasteiger partial charge in [-0.2, -0.15) is 0 Å². The van der Waals surface area contributed by atoms with Crippen molar-refractivity contribution >= 4 is 12.0 Å². The van der Waals surface area contributed by atoms with Crippen molar-refractivity contribution in [3.05, 3.63) is 30.5 Å². The van der Waals surface area contributed by atoms with Crippen LogP contribution in [-0.4, -0.2) is 55.9 Å². The van der Waals surface area contributed by atoms with Crippen LogP contribution in [0.4, 0.5) is 5.69 Å². The first-order valence-electron chi connectivity index (χ1n) is 7.58. The van der Waals surface area contributed by atoms with Gasteiger partial charge in [0.05, 0.1) is 39.5 Å². The highest BCUT2D eigenvalue weighted by Gasteiger charge is 2.13. The standard InChI is InChI=1S/C17H28N3O2/c1-7-11-21-12-14(3)22-17-10-9-16(15(4)18-17)20(6)13-19(5)8-2/h7,9-10,13-14H,1,8,11-12H2,2-6H3/q+1/t14-/m0/s1. The van der Waals surface area contributed by atoms with Gasteiger partial charge in [-0.05, 0) is 26.8 Å². The smallest absolute Gasteiger partial charge is 0.238 e. The van der Waals surface area contributed by atoms with E-state index in [4.69, 9.17) is 9.47 Å². The van der Waals surface area contributed by atoms with Crippen molar-refractivity contribution in [2.75, 3.05) is 38.8 Å². The highest BCUT2D eigenvalue weighted by atomic mass is 16.5. The summed E-state index contributed by atoms with van der Waals surface area (Å²) in [7, 11) is 4.06. The fourth-order valence-corrected chi connectivity index (χ4v) is 1.97. The van der Waals surface area contributed by atoms with Crippen molar-refractivity contribution in [1.29, 1.82) is 0 Å². The molecular weight excluding hydrogens is 278 g/mol. The summed E-state index contributed by atoms with van der Waals surface area (Å²) in [6.45, 7) is 11.7. The lowest BCUT2D eigenvalue weighted by atomic mass is 10.3. The molecule has 0 aromatic carbocycles. The molecule has 5 nitrogen and oxygen atoms in total. The number of aromatic nitrogens is 1. The van der Waals surface area contributed by atoms with Crippen molar-refractivity contribution in [3.8, 4) is 5.88 Å². The van der Waals surface area contributed by atoms with Crippen LogP contribution in [0.5, 0.6) is 5.88 Å². The van der Waals surface area contributed by atoms with Gasteiger partial charge in [0.15, 0.2) is 0 Å². The maximum atomic E-state index is 5.77. The van der Waals surface area contributed by atoms with Crippen molar-refractivity contribution < 1.29 is 14.0 Å². The summed E-state index contributed by atoms with van der Waals surface area (Å²) in [5, 5.41) is 0. The second-order valence-electron chi connectivity index (χ2n) is 5.31. The van der Waals surface area contributed by atoms with Crippen LogP contribution in [0.3, 0.4) is 0 Å². The number of hydrogen-bond donors (Lipinski definition) is 0. The first-order chi connectivity index (χ1) is 10.5. The van der Waals surface area contributed by atoms with Gasteiger partial charge < -0.3 is 9.47 Å². The van der Waals surface area contributed by atoms with Crippen LogP contribution in [-0.2, 0) is 4.74 Å². The Morgan fingerprint density at radius 2 is 2.18 bits per heavy atom. The Labute approximate surface area is 133 Å². The average molecular weight is 306 g/mol. The second-order valence-corrected chi connectivity index (χ2v) is 5.31. The van der Waals surface area contributed by atoms with Gasteiger partial charge in [0, 0.05) is 6.07 Å². The minimum atomic E-state index is -0.0479. The number of aryl methyl sites for hydroxylation is 1. The van der Waals surface area contributed by atoms with Crippen LogP contribution in [0.15, 0.2) is 24.8 Å². The van der Waals surface area contributed by atoms with Gasteiger partial charge in [-0.25, -0.2) is 9.88 Å². The third-order valence-electron chi connectivity index (χ3n) is 3.19. The fraction of sp³-hybridized carbons (Fsp3) is 0.529. The highest BCUT2D eigenvalue weighted by Crippen LogP contribution is 2.20. The van der Waals surface area contributed by atoms with E-state index in [9.17, 15) is 0 Å². The molecule has 0 saturated heterocycles. The molecule has 0 aliphatic rings. The topological polar surface area (TPSA) is 37.6 Å². The SMILES string of the molecule is C=CCOC[C@H](C)Oc1ccc(N(C)C=[N+](C)CC)c(C)n1. The van der Waals surface area contributed by atoms with Crippen molar-refractivity contribution in [3.63, 3.8) is 0 Å². The zero-order chi connectivity index (χ0) is 16.5. The molecule has 0 unspecified atom stereocenters. The van der Waals surface area contributed by atoms with Gasteiger partial charge >= 0.3 is 0 Å². The molecule has 0 radical (unpaired) electrons. The molecule has 0 N–H and O–H groups in total. The molecule has 1 atom stereocenters. The van der Waals surface area contributed by atoms with E-state index >= 15 is 0 Å². The lowest BCUT2D eigenvalue weighted by Crippen LogP contribution is -2.24. The molecule has 0 aliphatic carbocycles. The molecule has 1 rings (SSSR count). The van der Waals surface area contributed by atoms with Crippen LogP contribution >= 0.6 is 0 Å². The Kier molecular flexibility index (Phi) is 7.60. The Balaban J connectivity index is 2.71. The maximum Gasteiger partial charge on any atom is 0.238 e. The number of anilines is 1. The summed E-state index contributed by atoms with van der Waals surface area (Å²) in [5.41, 5.74) is 1.99. The molecule has 1 aromatic heterocycles. The lowest BCUT2D eigenvalue weighted by Gasteiger charge is -2.15. The third-order valence-corrected chi connectivity index (χ3v) is 3.19. The molecule has 0 amide bonds. The number of hydrogen-bond acceptors (Lipinski definition) is 3. The van der Waals surface area contributed by atoms with E-state index in [-0.39, 0.29) is 6.10 Å². The van der Waals surface area contributed by atoms with Gasteiger partial charge in [0.25, 0.3) is 0 Å². The van der Waals surface area contributed by atoms with Gasteiger partial charge in [-0.3, -0.25) is 4.58 Å². The second kappa shape index (κ2) is 9.20. The molecule has 22 heavy (non-hydrogen) atoms. The van der Waals surface area contributed by atoms with E-state index in [1.54, 1.807) is 6.08 Å². The summed E-state index contributed by atoms with van der Waals surface area (Å²) in [6.07, 6.45) is 3.73. The van der Waals surface area contributed by atoms with Crippen molar-refractivity contribution in [1.82, 2.24) is 4.98 Å². The Hall–Kier alpha value is -1.88. The Bertz CT molecular complexity index is 515. The predicted molar refractivity (Wildman–Crippen MR) is 91.3 cm³/mol. The van der Waals surface area contributed by atoms with Crippen molar-refractivity contribution in [2.24, 2.45) is 0 Å². The minimum Gasteiger partial charge on any atom is -0.472 e. The Morgan fingerprint density at radius 1 is 1.45 bits per heavy atom. The van der Waals surface area contributed by atoms with E-state index < -0.39 is 0 Å². The van der Waals surface area contributed by atoms with E-state index in [2.05, 4.69) is 34.3 Å². The van der Waals surface area contributed by atoms with Crippen LogP contribution in [0.1, 0.15) is 19.5 Å². The quantitative estimate of drug-likeness (QED) is 0.231. The fourth-order valence-electron chi connectivity index (χ4n) is 1.97. The summed E-state index contributed by atoms with van der Waals surface area (Å²) in [4.78, 5) is 6.58. The summed E-state index contributed by atoms with van der Waals surface area (Å²) >= 11 is 0. The van der Waals surface area contributed by atoms with Gasteiger partial charge in [0.2, 0.25) is 12.2 Å². The zero-order valence-corrected chi connectivity index (χ0v) is 14.4. The first-order valence-corrected chi connectivity index (χ1v) is 7.58. The average Bonchev–Trinajstić information content (AvgIpc) is 2.47. The number of ether oxygens (including phenoxy) is 2. The predicted octanol–water partition coefficient (Wildman–Crippen LogP) is 2.49. The van der Waals surface area contributed by atoms with E-state index in [1.165, 1.54) is 0 Å². The van der Waals surface area contributed by atoms with E-state index in [0.717, 1.165) is 17.9 Å². The molecule has 0 fully saturated rings. The normalized spacial score (nSPS) is 12.9. The molecule has 0 bridgehead atoms. The van der Waals surface area contributed by atoms with Crippen LogP contribution in [0.2, 0.25) is 0 Å². The van der Waals surface area contributed by atoms with E-state index in [0.29, 0.717) is 19.1 Å². The van der Waals surface area contributed by atoms with Crippen molar-refractivity contribution in [2.45, 2.75) is 26.9 Å².